The largest absolute Gasteiger partial charge is 0.397 e. The Labute approximate surface area is 109 Å². The smallest absolute Gasteiger partial charge is 0.177 e. The molecule has 0 saturated carbocycles. The summed E-state index contributed by atoms with van der Waals surface area (Å²) < 4.78 is 24.1. The van der Waals surface area contributed by atoms with Gasteiger partial charge in [-0.3, -0.25) is 0 Å². The first-order valence-corrected chi connectivity index (χ1v) is 8.37. The Balaban J connectivity index is 2.43. The SMILES string of the molecule is CS(=O)(=O)c1cccc(Sc2cccs2)c1N. The molecule has 2 N–H and O–H groups in total. The van der Waals surface area contributed by atoms with E-state index in [0.29, 0.717) is 5.69 Å². The predicted molar refractivity (Wildman–Crippen MR) is 72.4 cm³/mol. The van der Waals surface area contributed by atoms with Crippen LogP contribution < -0.4 is 5.73 Å². The van der Waals surface area contributed by atoms with Crippen LogP contribution in [0.4, 0.5) is 5.69 Å². The van der Waals surface area contributed by atoms with Crippen molar-refractivity contribution in [1.82, 2.24) is 0 Å². The van der Waals surface area contributed by atoms with Crippen LogP contribution in [0.25, 0.3) is 0 Å². The monoisotopic (exact) mass is 285 g/mol. The first kappa shape index (κ1) is 12.5. The van der Waals surface area contributed by atoms with Gasteiger partial charge in [-0.2, -0.15) is 0 Å². The van der Waals surface area contributed by atoms with Gasteiger partial charge in [-0.15, -0.1) is 11.3 Å². The number of thiophene rings is 1. The average Bonchev–Trinajstić information content (AvgIpc) is 2.72. The summed E-state index contributed by atoms with van der Waals surface area (Å²) in [6.07, 6.45) is 1.16. The summed E-state index contributed by atoms with van der Waals surface area (Å²) in [6.45, 7) is 0. The fraction of sp³-hybridized carbons (Fsp3) is 0.0909. The molecule has 0 radical (unpaired) electrons. The third kappa shape index (κ3) is 2.83. The number of benzene rings is 1. The van der Waals surface area contributed by atoms with E-state index in [1.165, 1.54) is 17.8 Å². The Bertz CT molecular complexity index is 618. The van der Waals surface area contributed by atoms with Crippen molar-refractivity contribution in [3.05, 3.63) is 35.7 Å². The summed E-state index contributed by atoms with van der Waals surface area (Å²) in [7, 11) is -3.27. The van der Waals surface area contributed by atoms with E-state index in [1.54, 1.807) is 17.4 Å². The summed E-state index contributed by atoms with van der Waals surface area (Å²) in [5.74, 6) is 0. The summed E-state index contributed by atoms with van der Waals surface area (Å²) in [6, 6.07) is 8.99. The Hall–Kier alpha value is -0.980. The molecule has 2 rings (SSSR count). The van der Waals surface area contributed by atoms with Crippen LogP contribution >= 0.6 is 23.1 Å². The number of rotatable bonds is 3. The van der Waals surface area contributed by atoms with Gasteiger partial charge in [-0.05, 0) is 23.6 Å². The molecule has 0 saturated heterocycles. The van der Waals surface area contributed by atoms with Gasteiger partial charge in [0.1, 0.15) is 0 Å². The van der Waals surface area contributed by atoms with Crippen molar-refractivity contribution in [1.29, 1.82) is 0 Å². The Kier molecular flexibility index (Phi) is 3.46. The molecule has 0 atom stereocenters. The lowest BCUT2D eigenvalue weighted by atomic mass is 10.3. The van der Waals surface area contributed by atoms with Crippen LogP contribution in [0.2, 0.25) is 0 Å². The first-order valence-electron chi connectivity index (χ1n) is 4.78. The van der Waals surface area contributed by atoms with Gasteiger partial charge < -0.3 is 5.73 Å². The molecule has 90 valence electrons. The fourth-order valence-electron chi connectivity index (χ4n) is 1.37. The zero-order valence-corrected chi connectivity index (χ0v) is 11.5. The number of para-hydroxylation sites is 1. The lowest BCUT2D eigenvalue weighted by molar-refractivity contribution is 0.602. The highest BCUT2D eigenvalue weighted by molar-refractivity contribution is 8.01. The van der Waals surface area contributed by atoms with Crippen molar-refractivity contribution in [3.63, 3.8) is 0 Å². The van der Waals surface area contributed by atoms with Gasteiger partial charge >= 0.3 is 0 Å². The van der Waals surface area contributed by atoms with Gasteiger partial charge in [0.15, 0.2) is 9.84 Å². The quantitative estimate of drug-likeness (QED) is 0.881. The molecule has 0 amide bonds. The molecule has 1 aromatic heterocycles. The van der Waals surface area contributed by atoms with Gasteiger partial charge in [-0.25, -0.2) is 8.42 Å². The van der Waals surface area contributed by atoms with E-state index >= 15 is 0 Å². The van der Waals surface area contributed by atoms with E-state index in [0.717, 1.165) is 15.4 Å². The van der Waals surface area contributed by atoms with Gasteiger partial charge in [-0.1, -0.05) is 23.9 Å². The normalized spacial score (nSPS) is 11.6. The van der Waals surface area contributed by atoms with Crippen molar-refractivity contribution < 1.29 is 8.42 Å². The number of sulfone groups is 1. The standard InChI is InChI=1S/C11H11NO2S3/c1-17(13,14)9-5-2-4-8(11(9)12)16-10-6-3-7-15-10/h2-7H,12H2,1H3. The number of hydrogen-bond donors (Lipinski definition) is 1. The zero-order valence-electron chi connectivity index (χ0n) is 9.08. The van der Waals surface area contributed by atoms with E-state index in [1.807, 2.05) is 23.6 Å². The van der Waals surface area contributed by atoms with E-state index in [4.69, 9.17) is 5.73 Å². The van der Waals surface area contributed by atoms with Crippen molar-refractivity contribution in [3.8, 4) is 0 Å². The molecule has 0 fully saturated rings. The summed E-state index contributed by atoms with van der Waals surface area (Å²) in [5.41, 5.74) is 6.22. The van der Waals surface area contributed by atoms with Crippen molar-refractivity contribution in [2.45, 2.75) is 14.0 Å². The molecule has 0 unspecified atom stereocenters. The minimum absolute atomic E-state index is 0.194. The van der Waals surface area contributed by atoms with E-state index in [2.05, 4.69) is 0 Å². The second kappa shape index (κ2) is 4.72. The topological polar surface area (TPSA) is 60.2 Å². The van der Waals surface area contributed by atoms with Gasteiger partial charge in [0.25, 0.3) is 0 Å². The van der Waals surface area contributed by atoms with Gasteiger partial charge in [0.05, 0.1) is 14.8 Å². The predicted octanol–water partition coefficient (Wildman–Crippen LogP) is 2.89. The number of nitrogen functional groups attached to an aromatic ring is 1. The van der Waals surface area contributed by atoms with Crippen LogP contribution in [0, 0.1) is 0 Å². The molecular weight excluding hydrogens is 274 g/mol. The molecule has 2 aromatic rings. The molecule has 0 bridgehead atoms. The van der Waals surface area contributed by atoms with Crippen LogP contribution in [0.15, 0.2) is 49.7 Å². The average molecular weight is 285 g/mol. The van der Waals surface area contributed by atoms with Crippen LogP contribution in [0.1, 0.15) is 0 Å². The third-order valence-corrected chi connectivity index (χ3v) is 5.40. The molecule has 1 heterocycles. The molecule has 0 aliphatic heterocycles. The van der Waals surface area contributed by atoms with Gasteiger partial charge in [0.2, 0.25) is 0 Å². The molecule has 3 nitrogen and oxygen atoms in total. The van der Waals surface area contributed by atoms with Crippen LogP contribution in [-0.2, 0) is 9.84 Å². The molecule has 1 aromatic carbocycles. The maximum atomic E-state index is 11.5. The Morgan fingerprint density at radius 1 is 1.24 bits per heavy atom. The summed E-state index contributed by atoms with van der Waals surface area (Å²) in [5, 5.41) is 1.97. The third-order valence-electron chi connectivity index (χ3n) is 2.13. The summed E-state index contributed by atoms with van der Waals surface area (Å²) in [4.78, 5) is 0.967. The number of anilines is 1. The van der Waals surface area contributed by atoms with Crippen molar-refractivity contribution in [2.75, 3.05) is 12.0 Å². The fourth-order valence-corrected chi connectivity index (χ4v) is 4.07. The highest BCUT2D eigenvalue weighted by atomic mass is 32.2. The highest BCUT2D eigenvalue weighted by Gasteiger charge is 2.14. The van der Waals surface area contributed by atoms with Crippen molar-refractivity contribution in [2.24, 2.45) is 0 Å². The van der Waals surface area contributed by atoms with E-state index in [-0.39, 0.29) is 4.90 Å². The number of hydrogen-bond acceptors (Lipinski definition) is 5. The van der Waals surface area contributed by atoms with Crippen LogP contribution in [0.3, 0.4) is 0 Å². The van der Waals surface area contributed by atoms with Gasteiger partial charge in [0, 0.05) is 11.2 Å². The molecule has 0 spiro atoms. The highest BCUT2D eigenvalue weighted by Crippen LogP contribution is 2.37. The minimum atomic E-state index is -3.27. The Morgan fingerprint density at radius 2 is 2.00 bits per heavy atom. The molecule has 17 heavy (non-hydrogen) atoms. The molecule has 0 aliphatic rings. The van der Waals surface area contributed by atoms with E-state index < -0.39 is 9.84 Å². The lowest BCUT2D eigenvalue weighted by Gasteiger charge is -2.08. The van der Waals surface area contributed by atoms with E-state index in [9.17, 15) is 8.42 Å². The maximum Gasteiger partial charge on any atom is 0.177 e. The van der Waals surface area contributed by atoms with Crippen molar-refractivity contribution >= 4 is 38.6 Å². The Morgan fingerprint density at radius 3 is 2.59 bits per heavy atom. The molecule has 0 aliphatic carbocycles. The second-order valence-corrected chi connectivity index (χ2v) is 7.75. The molecule has 6 heteroatoms. The maximum absolute atomic E-state index is 11.5. The van der Waals surface area contributed by atoms with Crippen LogP contribution in [-0.4, -0.2) is 14.7 Å². The molecular formula is C11H11NO2S3. The summed E-state index contributed by atoms with van der Waals surface area (Å²) >= 11 is 3.08. The van der Waals surface area contributed by atoms with Crippen LogP contribution in [0.5, 0.6) is 0 Å². The second-order valence-electron chi connectivity index (χ2n) is 3.47. The zero-order chi connectivity index (χ0) is 12.5. The number of nitrogens with two attached hydrogens (primary N) is 1. The minimum Gasteiger partial charge on any atom is -0.397 e. The lowest BCUT2D eigenvalue weighted by Crippen LogP contribution is -2.03. The first-order chi connectivity index (χ1) is 7.98.